The van der Waals surface area contributed by atoms with Crippen LogP contribution in [0.5, 0.6) is 0 Å². The van der Waals surface area contributed by atoms with E-state index < -0.39 is 36.9 Å². The predicted molar refractivity (Wildman–Crippen MR) is 233 cm³/mol. The molecule has 0 aliphatic rings. The fourth-order valence-corrected chi connectivity index (χ4v) is 6.53. The van der Waals surface area contributed by atoms with Crippen molar-refractivity contribution < 1.29 is 25.2 Å². The number of hydrogen-bond donors (Lipinski definition) is 5. The molecule has 0 spiro atoms. The van der Waals surface area contributed by atoms with Crippen molar-refractivity contribution in [2.45, 2.75) is 231 Å². The first-order chi connectivity index (χ1) is 26.5. The van der Waals surface area contributed by atoms with E-state index in [-0.39, 0.29) is 0 Å². The summed E-state index contributed by atoms with van der Waals surface area (Å²) >= 11 is 0. The monoisotopic (exact) mass is 758 g/mol. The van der Waals surface area contributed by atoms with Crippen LogP contribution in [0.3, 0.4) is 0 Å². The molecular weight excluding hydrogens is 671 g/mol. The third-order valence-corrected chi connectivity index (χ3v) is 10.1. The highest BCUT2D eigenvalue weighted by atomic mass is 16.3. The van der Waals surface area contributed by atoms with Crippen molar-refractivity contribution in [3.63, 3.8) is 0 Å². The maximum absolute atomic E-state index is 12.5. The lowest BCUT2D eigenvalue weighted by Crippen LogP contribution is -2.53. The fraction of sp³-hybridized carbons (Fsp3) is 0.771. The molecule has 4 unspecified atom stereocenters. The second kappa shape index (κ2) is 42.2. The predicted octanol–water partition coefficient (Wildman–Crippen LogP) is 12.1. The zero-order valence-corrected chi connectivity index (χ0v) is 35.2. The van der Waals surface area contributed by atoms with Gasteiger partial charge in [0.25, 0.3) is 0 Å². The van der Waals surface area contributed by atoms with Gasteiger partial charge in [-0.25, -0.2) is 0 Å². The first kappa shape index (κ1) is 52.0. The first-order valence-electron chi connectivity index (χ1n) is 22.7. The van der Waals surface area contributed by atoms with Gasteiger partial charge in [0.05, 0.1) is 18.8 Å². The number of carbonyl (C=O) groups is 1. The second-order valence-electron chi connectivity index (χ2n) is 15.4. The summed E-state index contributed by atoms with van der Waals surface area (Å²) in [6.45, 7) is 3.96. The van der Waals surface area contributed by atoms with Gasteiger partial charge in [-0.15, -0.1) is 0 Å². The van der Waals surface area contributed by atoms with E-state index in [0.717, 1.165) is 70.6 Å². The zero-order valence-electron chi connectivity index (χ0n) is 35.2. The highest BCUT2D eigenvalue weighted by Gasteiger charge is 2.28. The molecule has 54 heavy (non-hydrogen) atoms. The number of aliphatic hydroxyl groups is 4. The third kappa shape index (κ3) is 35.7. The standard InChI is InChI=1S/C48H87NO5/c1-3-5-7-9-11-13-15-17-19-20-21-22-23-24-25-26-27-28-30-32-34-36-38-40-42-46(52)48(54)49-44(43-50)47(53)45(51)41-39-37-35-33-31-29-18-16-14-12-10-8-6-4-2/h8,10,16,18,21-22,24-25,33,35,44-47,50-53H,3-7,9,11-15,17,19-20,23,26-32,34,36-43H2,1-2H3,(H,49,54)/b10-8+,18-16+,22-21-,25-24-,35-33+. The molecule has 6 nitrogen and oxygen atoms in total. The van der Waals surface area contributed by atoms with Crippen LogP contribution < -0.4 is 5.32 Å². The van der Waals surface area contributed by atoms with Gasteiger partial charge in [0.2, 0.25) is 5.91 Å². The van der Waals surface area contributed by atoms with E-state index in [1.807, 2.05) is 0 Å². The third-order valence-electron chi connectivity index (χ3n) is 10.1. The van der Waals surface area contributed by atoms with E-state index >= 15 is 0 Å². The van der Waals surface area contributed by atoms with Gasteiger partial charge in [-0.05, 0) is 89.9 Å². The van der Waals surface area contributed by atoms with E-state index in [2.05, 4.69) is 79.9 Å². The van der Waals surface area contributed by atoms with Gasteiger partial charge in [0.1, 0.15) is 12.2 Å². The zero-order chi connectivity index (χ0) is 39.6. The molecule has 5 N–H and O–H groups in total. The highest BCUT2D eigenvalue weighted by Crippen LogP contribution is 2.14. The van der Waals surface area contributed by atoms with Gasteiger partial charge >= 0.3 is 0 Å². The van der Waals surface area contributed by atoms with Crippen molar-refractivity contribution in [2.24, 2.45) is 0 Å². The second-order valence-corrected chi connectivity index (χ2v) is 15.4. The summed E-state index contributed by atoms with van der Waals surface area (Å²) in [5, 5.41) is 43.6. The lowest BCUT2D eigenvalue weighted by atomic mass is 10.00. The molecule has 0 bridgehead atoms. The summed E-state index contributed by atoms with van der Waals surface area (Å²) in [6.07, 6.45) is 52.5. The Morgan fingerprint density at radius 1 is 0.463 bits per heavy atom. The molecule has 0 rings (SSSR count). The van der Waals surface area contributed by atoms with Crippen LogP contribution in [-0.2, 0) is 4.79 Å². The molecule has 0 aliphatic carbocycles. The van der Waals surface area contributed by atoms with E-state index in [1.165, 1.54) is 103 Å². The van der Waals surface area contributed by atoms with Crippen LogP contribution in [0.25, 0.3) is 0 Å². The van der Waals surface area contributed by atoms with E-state index in [4.69, 9.17) is 0 Å². The number of amides is 1. The number of hydrogen-bond acceptors (Lipinski definition) is 5. The molecule has 4 atom stereocenters. The van der Waals surface area contributed by atoms with E-state index in [9.17, 15) is 25.2 Å². The molecule has 0 aromatic heterocycles. The van der Waals surface area contributed by atoms with Gasteiger partial charge in [-0.1, -0.05) is 177 Å². The topological polar surface area (TPSA) is 110 Å². The Bertz CT molecular complexity index is 941. The van der Waals surface area contributed by atoms with Crippen molar-refractivity contribution in [2.75, 3.05) is 6.61 Å². The Morgan fingerprint density at radius 2 is 0.870 bits per heavy atom. The Labute approximate surface area is 333 Å². The summed E-state index contributed by atoms with van der Waals surface area (Å²) in [5.74, 6) is -0.607. The smallest absolute Gasteiger partial charge is 0.249 e. The Kier molecular flexibility index (Phi) is 40.6. The molecule has 0 saturated heterocycles. The Hall–Kier alpha value is -1.99. The molecule has 0 saturated carbocycles. The normalized spacial score (nSPS) is 14.7. The maximum atomic E-state index is 12.5. The van der Waals surface area contributed by atoms with Crippen molar-refractivity contribution in [3.05, 3.63) is 60.8 Å². The summed E-state index contributed by atoms with van der Waals surface area (Å²) < 4.78 is 0. The average molecular weight is 758 g/mol. The van der Waals surface area contributed by atoms with Crippen molar-refractivity contribution >= 4 is 5.91 Å². The minimum Gasteiger partial charge on any atom is -0.394 e. The summed E-state index contributed by atoms with van der Waals surface area (Å²) in [5.41, 5.74) is 0. The van der Waals surface area contributed by atoms with Crippen LogP contribution in [0.2, 0.25) is 0 Å². The summed E-state index contributed by atoms with van der Waals surface area (Å²) in [4.78, 5) is 12.5. The summed E-state index contributed by atoms with van der Waals surface area (Å²) in [6, 6.07) is -1.02. The quantitative estimate of drug-likeness (QED) is 0.0316. The van der Waals surface area contributed by atoms with Gasteiger partial charge in [-0.3, -0.25) is 4.79 Å². The van der Waals surface area contributed by atoms with Gasteiger partial charge in [0, 0.05) is 0 Å². The molecule has 0 heterocycles. The van der Waals surface area contributed by atoms with Crippen LogP contribution >= 0.6 is 0 Å². The number of aliphatic hydroxyl groups excluding tert-OH is 4. The minimum absolute atomic E-state index is 0.349. The van der Waals surface area contributed by atoms with Crippen LogP contribution in [0.1, 0.15) is 206 Å². The summed E-state index contributed by atoms with van der Waals surface area (Å²) in [7, 11) is 0. The molecule has 0 radical (unpaired) electrons. The molecule has 0 fully saturated rings. The van der Waals surface area contributed by atoms with Crippen LogP contribution in [-0.4, -0.2) is 57.3 Å². The van der Waals surface area contributed by atoms with Gasteiger partial charge in [0.15, 0.2) is 0 Å². The number of nitrogens with one attached hydrogen (secondary N) is 1. The average Bonchev–Trinajstić information content (AvgIpc) is 3.18. The van der Waals surface area contributed by atoms with Crippen LogP contribution in [0.15, 0.2) is 60.8 Å². The lowest BCUT2D eigenvalue weighted by molar-refractivity contribution is -0.132. The Balaban J connectivity index is 3.79. The number of unbranched alkanes of at least 4 members (excludes halogenated alkanes) is 21. The molecule has 1 amide bonds. The van der Waals surface area contributed by atoms with E-state index in [1.54, 1.807) is 0 Å². The SMILES string of the molecule is CCC/C=C/CC/C=C/CC/C=C/CCCC(O)C(O)C(CO)NC(=O)C(O)CCCCCCCCCC/C=C\C/C=C\CCCCCCCCCCC. The fourth-order valence-electron chi connectivity index (χ4n) is 6.53. The van der Waals surface area contributed by atoms with Crippen LogP contribution in [0.4, 0.5) is 0 Å². The largest absolute Gasteiger partial charge is 0.394 e. The number of rotatable bonds is 40. The molecular formula is C48H87NO5. The number of carbonyl (C=O) groups excluding carboxylic acids is 1. The van der Waals surface area contributed by atoms with E-state index in [0.29, 0.717) is 19.3 Å². The first-order valence-corrected chi connectivity index (χ1v) is 22.7. The Morgan fingerprint density at radius 3 is 1.35 bits per heavy atom. The number of allylic oxidation sites excluding steroid dienone is 10. The minimum atomic E-state index is -1.30. The van der Waals surface area contributed by atoms with Crippen LogP contribution in [0, 0.1) is 0 Å². The van der Waals surface area contributed by atoms with Crippen molar-refractivity contribution in [1.29, 1.82) is 0 Å². The lowest BCUT2D eigenvalue weighted by Gasteiger charge is -2.27. The molecule has 314 valence electrons. The van der Waals surface area contributed by atoms with Crippen molar-refractivity contribution in [1.82, 2.24) is 5.32 Å². The molecule has 0 aliphatic heterocycles. The molecule has 6 heteroatoms. The van der Waals surface area contributed by atoms with Crippen molar-refractivity contribution in [3.8, 4) is 0 Å². The maximum Gasteiger partial charge on any atom is 0.249 e. The van der Waals surface area contributed by atoms with Gasteiger partial charge < -0.3 is 25.7 Å². The van der Waals surface area contributed by atoms with Gasteiger partial charge in [-0.2, -0.15) is 0 Å². The molecule has 0 aromatic rings. The highest BCUT2D eigenvalue weighted by molar-refractivity contribution is 5.80. The molecule has 0 aromatic carbocycles.